The van der Waals surface area contributed by atoms with Crippen LogP contribution in [-0.4, -0.2) is 22.5 Å². The highest BCUT2D eigenvalue weighted by Gasteiger charge is 2.14. The number of thiazole rings is 1. The predicted octanol–water partition coefficient (Wildman–Crippen LogP) is 1.97. The fourth-order valence-electron chi connectivity index (χ4n) is 0.999. The van der Waals surface area contributed by atoms with E-state index in [4.69, 9.17) is 9.15 Å². The molecule has 0 radical (unpaired) electrons. The van der Waals surface area contributed by atoms with Crippen molar-refractivity contribution in [2.24, 2.45) is 0 Å². The van der Waals surface area contributed by atoms with Gasteiger partial charge in [0.25, 0.3) is 5.89 Å². The van der Waals surface area contributed by atoms with Crippen molar-refractivity contribution >= 4 is 17.3 Å². The molecule has 15 heavy (non-hydrogen) atoms. The van der Waals surface area contributed by atoms with Gasteiger partial charge in [0.1, 0.15) is 11.1 Å². The largest absolute Gasteiger partial charge is 0.462 e. The van der Waals surface area contributed by atoms with E-state index >= 15 is 0 Å². The van der Waals surface area contributed by atoms with Crippen LogP contribution < -0.4 is 0 Å². The average Bonchev–Trinajstić information content (AvgIpc) is 2.89. The summed E-state index contributed by atoms with van der Waals surface area (Å²) in [6.07, 6.45) is 4.45. The van der Waals surface area contributed by atoms with Crippen molar-refractivity contribution in [2.75, 3.05) is 6.61 Å². The first kappa shape index (κ1) is 9.85. The van der Waals surface area contributed by atoms with Gasteiger partial charge in [0, 0.05) is 0 Å². The second-order valence-electron chi connectivity index (χ2n) is 2.59. The van der Waals surface area contributed by atoms with E-state index in [-0.39, 0.29) is 5.97 Å². The molecule has 2 rings (SSSR count). The molecule has 0 N–H and O–H groups in total. The van der Waals surface area contributed by atoms with E-state index < -0.39 is 0 Å². The Labute approximate surface area is 89.7 Å². The lowest BCUT2D eigenvalue weighted by Crippen LogP contribution is -2.01. The quantitative estimate of drug-likeness (QED) is 0.746. The van der Waals surface area contributed by atoms with Crippen molar-refractivity contribution in [3.8, 4) is 10.9 Å². The Kier molecular flexibility index (Phi) is 2.77. The zero-order valence-corrected chi connectivity index (χ0v) is 8.78. The van der Waals surface area contributed by atoms with Gasteiger partial charge in [-0.3, -0.25) is 0 Å². The molecule has 0 amide bonds. The molecule has 0 aliphatic rings. The first-order valence-electron chi connectivity index (χ1n) is 4.34. The highest BCUT2D eigenvalue weighted by molar-refractivity contribution is 7.16. The lowest BCUT2D eigenvalue weighted by atomic mass is 10.5. The Morgan fingerprint density at radius 1 is 1.60 bits per heavy atom. The van der Waals surface area contributed by atoms with E-state index in [9.17, 15) is 4.79 Å². The van der Waals surface area contributed by atoms with Crippen LogP contribution in [0.1, 0.15) is 16.6 Å². The highest BCUT2D eigenvalue weighted by Crippen LogP contribution is 2.23. The van der Waals surface area contributed by atoms with Crippen LogP contribution in [0.5, 0.6) is 0 Å². The number of aromatic nitrogens is 2. The van der Waals surface area contributed by atoms with Gasteiger partial charge < -0.3 is 9.15 Å². The Morgan fingerprint density at radius 2 is 2.47 bits per heavy atom. The third kappa shape index (κ3) is 2.04. The van der Waals surface area contributed by atoms with E-state index in [2.05, 4.69) is 9.97 Å². The molecule has 0 bridgehead atoms. The molecule has 6 heteroatoms. The van der Waals surface area contributed by atoms with Crippen molar-refractivity contribution in [1.29, 1.82) is 0 Å². The molecule has 78 valence electrons. The number of hydrogen-bond donors (Lipinski definition) is 0. The molecule has 2 aromatic heterocycles. The third-order valence-corrected chi connectivity index (χ3v) is 2.56. The maximum Gasteiger partial charge on any atom is 0.349 e. The zero-order valence-electron chi connectivity index (χ0n) is 7.97. The summed E-state index contributed by atoms with van der Waals surface area (Å²) < 4.78 is 9.90. The molecule has 0 unspecified atom stereocenters. The van der Waals surface area contributed by atoms with Crippen LogP contribution in [-0.2, 0) is 4.74 Å². The summed E-state index contributed by atoms with van der Waals surface area (Å²) in [5, 5.41) is 0.572. The van der Waals surface area contributed by atoms with Crippen LogP contribution in [0.2, 0.25) is 0 Å². The maximum absolute atomic E-state index is 11.3. The molecular formula is C9H8N2O3S. The van der Waals surface area contributed by atoms with Crippen LogP contribution in [0.3, 0.4) is 0 Å². The monoisotopic (exact) mass is 224 g/mol. The van der Waals surface area contributed by atoms with Crippen molar-refractivity contribution in [3.63, 3.8) is 0 Å². The SMILES string of the molecule is CCOC(=O)c1cnc(-c2ncco2)s1. The molecule has 0 fully saturated rings. The van der Waals surface area contributed by atoms with Crippen LogP contribution >= 0.6 is 11.3 Å². The molecule has 2 aromatic rings. The van der Waals surface area contributed by atoms with Crippen LogP contribution in [0.25, 0.3) is 10.9 Å². The molecule has 0 saturated heterocycles. The normalized spacial score (nSPS) is 10.2. The summed E-state index contributed by atoms with van der Waals surface area (Å²) in [5.74, 6) is 0.0448. The Bertz CT molecular complexity index is 450. The van der Waals surface area contributed by atoms with Gasteiger partial charge in [-0.2, -0.15) is 0 Å². The second-order valence-corrected chi connectivity index (χ2v) is 3.62. The minimum absolute atomic E-state index is 0.352. The predicted molar refractivity (Wildman–Crippen MR) is 53.6 cm³/mol. The number of nitrogens with zero attached hydrogens (tertiary/aromatic N) is 2. The van der Waals surface area contributed by atoms with Gasteiger partial charge in [0.15, 0.2) is 5.01 Å². The summed E-state index contributed by atoms with van der Waals surface area (Å²) in [4.78, 5) is 19.7. The van der Waals surface area contributed by atoms with Crippen molar-refractivity contribution in [3.05, 3.63) is 23.5 Å². The first-order chi connectivity index (χ1) is 7.31. The summed E-state index contributed by atoms with van der Waals surface area (Å²) in [6, 6.07) is 0. The second kappa shape index (κ2) is 4.22. The smallest absolute Gasteiger partial charge is 0.349 e. The highest BCUT2D eigenvalue weighted by atomic mass is 32.1. The molecule has 0 spiro atoms. The Balaban J connectivity index is 2.21. The zero-order chi connectivity index (χ0) is 10.7. The van der Waals surface area contributed by atoms with Gasteiger partial charge in [-0.05, 0) is 6.92 Å². The first-order valence-corrected chi connectivity index (χ1v) is 5.15. The van der Waals surface area contributed by atoms with E-state index in [1.54, 1.807) is 6.92 Å². The van der Waals surface area contributed by atoms with Gasteiger partial charge in [-0.1, -0.05) is 0 Å². The van der Waals surface area contributed by atoms with Crippen molar-refractivity contribution in [1.82, 2.24) is 9.97 Å². The fourth-order valence-corrected chi connectivity index (χ4v) is 1.75. The maximum atomic E-state index is 11.3. The molecule has 0 aliphatic heterocycles. The minimum atomic E-state index is -0.368. The minimum Gasteiger partial charge on any atom is -0.462 e. The number of oxazole rings is 1. The molecule has 0 saturated carbocycles. The van der Waals surface area contributed by atoms with Gasteiger partial charge in [0.2, 0.25) is 0 Å². The topological polar surface area (TPSA) is 65.2 Å². The standard InChI is InChI=1S/C9H8N2O3S/c1-2-13-9(12)6-5-11-8(15-6)7-10-3-4-14-7/h3-5H,2H2,1H3. The van der Waals surface area contributed by atoms with E-state index in [0.29, 0.717) is 22.4 Å². The van der Waals surface area contributed by atoms with Gasteiger partial charge in [0.05, 0.1) is 19.0 Å². The van der Waals surface area contributed by atoms with Crippen LogP contribution in [0.15, 0.2) is 23.1 Å². The van der Waals surface area contributed by atoms with Crippen LogP contribution in [0.4, 0.5) is 0 Å². The van der Waals surface area contributed by atoms with Crippen molar-refractivity contribution in [2.45, 2.75) is 6.92 Å². The van der Waals surface area contributed by atoms with E-state index in [0.717, 1.165) is 0 Å². The number of esters is 1. The Hall–Kier alpha value is -1.69. The molecule has 0 aliphatic carbocycles. The van der Waals surface area contributed by atoms with Gasteiger partial charge in [-0.25, -0.2) is 14.8 Å². The fraction of sp³-hybridized carbons (Fsp3) is 0.222. The summed E-state index contributed by atoms with van der Waals surface area (Å²) in [6.45, 7) is 2.11. The summed E-state index contributed by atoms with van der Waals surface area (Å²) >= 11 is 1.20. The lowest BCUT2D eigenvalue weighted by Gasteiger charge is -1.95. The average molecular weight is 224 g/mol. The molecular weight excluding hydrogens is 216 g/mol. The molecule has 5 nitrogen and oxygen atoms in total. The number of ether oxygens (including phenoxy) is 1. The lowest BCUT2D eigenvalue weighted by molar-refractivity contribution is 0.0532. The van der Waals surface area contributed by atoms with E-state index in [1.165, 1.54) is 30.0 Å². The van der Waals surface area contributed by atoms with Gasteiger partial charge in [-0.15, -0.1) is 11.3 Å². The Morgan fingerprint density at radius 3 is 3.13 bits per heavy atom. The van der Waals surface area contributed by atoms with Gasteiger partial charge >= 0.3 is 5.97 Å². The summed E-state index contributed by atoms with van der Waals surface area (Å²) in [7, 11) is 0. The third-order valence-electron chi connectivity index (χ3n) is 1.60. The van der Waals surface area contributed by atoms with E-state index in [1.807, 2.05) is 0 Å². The number of carbonyl (C=O) groups is 1. The molecule has 2 heterocycles. The summed E-state index contributed by atoms with van der Waals surface area (Å²) in [5.41, 5.74) is 0. The molecule has 0 atom stereocenters. The number of hydrogen-bond acceptors (Lipinski definition) is 6. The molecule has 0 aromatic carbocycles. The van der Waals surface area contributed by atoms with Crippen LogP contribution in [0, 0.1) is 0 Å². The number of carbonyl (C=O) groups excluding carboxylic acids is 1. The number of rotatable bonds is 3. The van der Waals surface area contributed by atoms with Crippen molar-refractivity contribution < 1.29 is 13.9 Å².